The van der Waals surface area contributed by atoms with Gasteiger partial charge in [0.15, 0.2) is 5.69 Å². The van der Waals surface area contributed by atoms with Crippen LogP contribution in [0, 0.1) is 13.8 Å². The minimum atomic E-state index is -4.54. The molecule has 2 N–H and O–H groups in total. The Labute approximate surface area is 218 Å². The third-order valence-electron chi connectivity index (χ3n) is 7.28. The van der Waals surface area contributed by atoms with Crippen LogP contribution in [0.1, 0.15) is 41.4 Å². The molecule has 0 radical (unpaired) electrons. The Morgan fingerprint density at radius 2 is 1.47 bits per heavy atom. The van der Waals surface area contributed by atoms with E-state index in [2.05, 4.69) is 67.1 Å². The zero-order valence-electron chi connectivity index (χ0n) is 21.1. The molecule has 194 valence electrons. The molecule has 0 unspecified atom stereocenters. The van der Waals surface area contributed by atoms with Crippen molar-refractivity contribution in [3.63, 3.8) is 0 Å². The number of piperidine rings is 1. The smallest absolute Gasteiger partial charge is 0.356 e. The van der Waals surface area contributed by atoms with Crippen molar-refractivity contribution in [2.75, 3.05) is 18.0 Å². The van der Waals surface area contributed by atoms with Crippen LogP contribution in [0.2, 0.25) is 0 Å². The Bertz CT molecular complexity index is 1570. The lowest BCUT2D eigenvalue weighted by Crippen LogP contribution is -2.34. The zero-order valence-corrected chi connectivity index (χ0v) is 21.1. The van der Waals surface area contributed by atoms with Crippen molar-refractivity contribution >= 4 is 16.9 Å². The molecule has 0 spiro atoms. The molecule has 0 bridgehead atoms. The molecule has 3 aromatic heterocycles. The zero-order chi connectivity index (χ0) is 26.4. The van der Waals surface area contributed by atoms with E-state index >= 15 is 0 Å². The van der Waals surface area contributed by atoms with Crippen molar-refractivity contribution in [1.82, 2.24) is 24.9 Å². The van der Waals surface area contributed by atoms with Crippen molar-refractivity contribution in [3.05, 3.63) is 83.6 Å². The number of fused-ring (bicyclic) bond motifs is 1. The van der Waals surface area contributed by atoms with Crippen molar-refractivity contribution in [1.29, 1.82) is 0 Å². The van der Waals surface area contributed by atoms with Gasteiger partial charge >= 0.3 is 6.18 Å². The van der Waals surface area contributed by atoms with Gasteiger partial charge in [0.1, 0.15) is 23.6 Å². The highest BCUT2D eigenvalue weighted by molar-refractivity contribution is 5.92. The number of hydrogen-bond donors (Lipinski definition) is 2. The van der Waals surface area contributed by atoms with Gasteiger partial charge in [0.05, 0.1) is 11.1 Å². The summed E-state index contributed by atoms with van der Waals surface area (Å²) in [4.78, 5) is 21.6. The molecule has 9 heteroatoms. The lowest BCUT2D eigenvalue weighted by atomic mass is 9.96. The fourth-order valence-electron chi connectivity index (χ4n) is 5.15. The van der Waals surface area contributed by atoms with Gasteiger partial charge in [-0.05, 0) is 38.3 Å². The van der Waals surface area contributed by atoms with Crippen molar-refractivity contribution in [2.24, 2.45) is 0 Å². The van der Waals surface area contributed by atoms with Gasteiger partial charge in [-0.2, -0.15) is 13.2 Å². The van der Waals surface area contributed by atoms with Gasteiger partial charge in [0.25, 0.3) is 0 Å². The number of rotatable bonds is 4. The fraction of sp³-hybridized carbons (Fsp3) is 0.276. The largest absolute Gasteiger partial charge is 0.435 e. The lowest BCUT2D eigenvalue weighted by molar-refractivity contribution is -0.140. The number of nitrogens with zero attached hydrogens (tertiary/aromatic N) is 4. The van der Waals surface area contributed by atoms with E-state index in [1.54, 1.807) is 18.5 Å². The van der Waals surface area contributed by atoms with Gasteiger partial charge in [-0.25, -0.2) is 15.0 Å². The molecule has 1 aliphatic rings. The quantitative estimate of drug-likeness (QED) is 0.269. The number of alkyl halides is 3. The summed E-state index contributed by atoms with van der Waals surface area (Å²) >= 11 is 0. The van der Waals surface area contributed by atoms with E-state index in [9.17, 15) is 13.2 Å². The molecule has 4 heterocycles. The molecule has 2 aromatic carbocycles. The van der Waals surface area contributed by atoms with Crippen molar-refractivity contribution < 1.29 is 13.2 Å². The predicted octanol–water partition coefficient (Wildman–Crippen LogP) is 7.03. The van der Waals surface area contributed by atoms with E-state index in [1.807, 2.05) is 19.1 Å². The van der Waals surface area contributed by atoms with E-state index in [4.69, 9.17) is 0 Å². The number of aromatic amines is 2. The summed E-state index contributed by atoms with van der Waals surface area (Å²) in [6, 6.07) is 17.4. The number of H-pyrrole nitrogens is 2. The summed E-state index contributed by atoms with van der Waals surface area (Å²) in [6.45, 7) is 5.27. The monoisotopic (exact) mass is 516 g/mol. The molecule has 0 saturated carbocycles. The first-order valence-corrected chi connectivity index (χ1v) is 12.7. The average molecular weight is 517 g/mol. The number of nitrogens with one attached hydrogen (secondary N) is 2. The van der Waals surface area contributed by atoms with Gasteiger partial charge < -0.3 is 14.9 Å². The first-order valence-electron chi connectivity index (χ1n) is 12.7. The minimum Gasteiger partial charge on any atom is -0.356 e. The maximum absolute atomic E-state index is 13.9. The summed E-state index contributed by atoms with van der Waals surface area (Å²) in [6.07, 6.45) is -1.65. The minimum absolute atomic E-state index is 0.0309. The summed E-state index contributed by atoms with van der Waals surface area (Å²) < 4.78 is 41.6. The molecular formula is C29H27F3N6. The van der Waals surface area contributed by atoms with Crippen LogP contribution in [0.5, 0.6) is 0 Å². The molecule has 38 heavy (non-hydrogen) atoms. The Morgan fingerprint density at radius 3 is 2.11 bits per heavy atom. The summed E-state index contributed by atoms with van der Waals surface area (Å²) in [5.74, 6) is 1.13. The first-order chi connectivity index (χ1) is 18.3. The van der Waals surface area contributed by atoms with E-state index in [0.29, 0.717) is 37.3 Å². The maximum atomic E-state index is 13.9. The lowest BCUT2D eigenvalue weighted by Gasteiger charge is -2.32. The Balaban J connectivity index is 1.24. The van der Waals surface area contributed by atoms with Crippen LogP contribution in [0.4, 0.5) is 19.0 Å². The second-order valence-electron chi connectivity index (χ2n) is 9.98. The van der Waals surface area contributed by atoms with Gasteiger partial charge in [0, 0.05) is 30.3 Å². The van der Waals surface area contributed by atoms with Gasteiger partial charge in [-0.1, -0.05) is 59.7 Å². The summed E-state index contributed by atoms with van der Waals surface area (Å²) in [5, 5.41) is 0.931. The van der Waals surface area contributed by atoms with Gasteiger partial charge in [-0.15, -0.1) is 0 Å². The van der Waals surface area contributed by atoms with Crippen molar-refractivity contribution in [2.45, 2.75) is 38.8 Å². The van der Waals surface area contributed by atoms with Crippen LogP contribution in [0.15, 0.2) is 60.9 Å². The number of hydrogen-bond acceptors (Lipinski definition) is 4. The van der Waals surface area contributed by atoms with Crippen molar-refractivity contribution in [3.8, 4) is 22.5 Å². The molecule has 6 rings (SSSR count). The first kappa shape index (κ1) is 24.2. The standard InChI is InChI=1S/C29H27F3N6/c1-17-3-7-19(8-4-17)23-15-22-27(35-23)33-16-34-28(22)38-13-11-21(12-14-38)26-36-24(25(37-26)29(30,31)32)20-9-5-18(2)6-10-20/h3-10,15-16,21H,11-14H2,1-2H3,(H,36,37)(H,33,34,35). The summed E-state index contributed by atoms with van der Waals surface area (Å²) in [7, 11) is 0. The Kier molecular flexibility index (Phi) is 5.93. The van der Waals surface area contributed by atoms with Gasteiger partial charge in [0.2, 0.25) is 0 Å². The molecule has 1 saturated heterocycles. The normalized spacial score (nSPS) is 14.9. The average Bonchev–Trinajstić information content (AvgIpc) is 3.55. The third-order valence-corrected chi connectivity index (χ3v) is 7.28. The second kappa shape index (κ2) is 9.31. The van der Waals surface area contributed by atoms with Crippen LogP contribution >= 0.6 is 0 Å². The number of aryl methyl sites for hydroxylation is 2. The second-order valence-corrected chi connectivity index (χ2v) is 9.98. The Morgan fingerprint density at radius 1 is 0.842 bits per heavy atom. The van der Waals surface area contributed by atoms with Gasteiger partial charge in [-0.3, -0.25) is 0 Å². The number of benzene rings is 2. The molecule has 6 nitrogen and oxygen atoms in total. The SMILES string of the molecule is Cc1ccc(-c2cc3c(N4CCC(c5nc(C(F)(F)F)c(-c6ccc(C)cc6)[nH]5)CC4)ncnc3[nH]2)cc1. The van der Waals surface area contributed by atoms with Crippen LogP contribution in [-0.2, 0) is 6.18 Å². The van der Waals surface area contributed by atoms with Crippen LogP contribution in [-0.4, -0.2) is 38.0 Å². The maximum Gasteiger partial charge on any atom is 0.435 e. The summed E-state index contributed by atoms with van der Waals surface area (Å²) in [5.41, 5.74) is 4.64. The highest BCUT2D eigenvalue weighted by Gasteiger charge is 2.39. The molecule has 0 atom stereocenters. The number of imidazole rings is 1. The number of anilines is 1. The number of halogens is 3. The molecule has 1 aliphatic heterocycles. The molecular weight excluding hydrogens is 489 g/mol. The van der Waals surface area contributed by atoms with E-state index in [-0.39, 0.29) is 11.6 Å². The van der Waals surface area contributed by atoms with Crippen LogP contribution in [0.3, 0.4) is 0 Å². The Hall–Kier alpha value is -4.14. The topological polar surface area (TPSA) is 73.5 Å². The van der Waals surface area contributed by atoms with E-state index < -0.39 is 11.9 Å². The van der Waals surface area contributed by atoms with Crippen LogP contribution < -0.4 is 4.90 Å². The van der Waals surface area contributed by atoms with Crippen LogP contribution in [0.25, 0.3) is 33.5 Å². The number of aromatic nitrogens is 5. The molecule has 5 aromatic rings. The van der Waals surface area contributed by atoms with E-state index in [0.717, 1.165) is 33.7 Å². The van der Waals surface area contributed by atoms with E-state index in [1.165, 1.54) is 5.56 Å². The predicted molar refractivity (Wildman–Crippen MR) is 142 cm³/mol. The fourth-order valence-corrected chi connectivity index (χ4v) is 5.15. The molecule has 1 fully saturated rings. The highest BCUT2D eigenvalue weighted by atomic mass is 19.4. The highest BCUT2D eigenvalue weighted by Crippen LogP contribution is 2.39. The molecule has 0 amide bonds. The third kappa shape index (κ3) is 4.53. The molecule has 0 aliphatic carbocycles.